The third-order valence-electron chi connectivity index (χ3n) is 2.37. The molecule has 0 N–H and O–H groups in total. The number of hydrogen-bond acceptors (Lipinski definition) is 1. The molecule has 0 aromatic rings. The third kappa shape index (κ3) is 3.67. The minimum Gasteiger partial charge on any atom is -0.342 e. The first kappa shape index (κ1) is 11.0. The van der Waals surface area contributed by atoms with Crippen molar-refractivity contribution in [3.8, 4) is 0 Å². The Bertz CT molecular complexity index is 168. The molecule has 13 heavy (non-hydrogen) atoms. The summed E-state index contributed by atoms with van der Waals surface area (Å²) in [5, 5.41) is 0.898. The largest absolute Gasteiger partial charge is 0.342 e. The van der Waals surface area contributed by atoms with E-state index >= 15 is 0 Å². The third-order valence-corrected chi connectivity index (χ3v) is 2.73. The van der Waals surface area contributed by atoms with Crippen LogP contribution >= 0.6 is 15.9 Å². The fourth-order valence-corrected chi connectivity index (χ4v) is 1.80. The quantitative estimate of drug-likeness (QED) is 0.661. The number of rotatable bonds is 6. The van der Waals surface area contributed by atoms with Gasteiger partial charge in [-0.05, 0) is 19.3 Å². The van der Waals surface area contributed by atoms with E-state index in [-0.39, 0.29) is 0 Å². The van der Waals surface area contributed by atoms with E-state index in [4.69, 9.17) is 0 Å². The average Bonchev–Trinajstić information content (AvgIpc) is 2.94. The Hall–Kier alpha value is -0.0500. The molecule has 1 aliphatic carbocycles. The van der Waals surface area contributed by atoms with Crippen LogP contribution in [-0.2, 0) is 4.79 Å². The predicted octanol–water partition coefficient (Wildman–Crippen LogP) is 2.42. The number of alkyl halides is 1. The summed E-state index contributed by atoms with van der Waals surface area (Å²) in [5.41, 5.74) is 0. The molecule has 1 saturated carbocycles. The standard InChI is InChI=1S/C10H18BrNO/c1-2-3-7-12(8-6-11)10(13)9-4-5-9/h9H,2-8H2,1H3. The summed E-state index contributed by atoms with van der Waals surface area (Å²) in [6.07, 6.45) is 4.52. The first-order valence-corrected chi connectivity index (χ1v) is 6.26. The van der Waals surface area contributed by atoms with Crippen LogP contribution in [0.2, 0.25) is 0 Å². The van der Waals surface area contributed by atoms with Gasteiger partial charge in [-0.15, -0.1) is 0 Å². The lowest BCUT2D eigenvalue weighted by atomic mass is 10.3. The van der Waals surface area contributed by atoms with Crippen molar-refractivity contribution in [1.82, 2.24) is 4.90 Å². The van der Waals surface area contributed by atoms with Crippen LogP contribution in [0.4, 0.5) is 0 Å². The lowest BCUT2D eigenvalue weighted by Gasteiger charge is -2.21. The Morgan fingerprint density at radius 1 is 1.46 bits per heavy atom. The summed E-state index contributed by atoms with van der Waals surface area (Å²) in [6.45, 7) is 3.97. The molecule has 1 rings (SSSR count). The van der Waals surface area contributed by atoms with Crippen molar-refractivity contribution in [2.45, 2.75) is 32.6 Å². The van der Waals surface area contributed by atoms with Gasteiger partial charge in [0.05, 0.1) is 0 Å². The molecule has 0 heterocycles. The van der Waals surface area contributed by atoms with Crippen molar-refractivity contribution in [2.24, 2.45) is 5.92 Å². The SMILES string of the molecule is CCCCN(CCBr)C(=O)C1CC1. The zero-order valence-electron chi connectivity index (χ0n) is 8.26. The van der Waals surface area contributed by atoms with Crippen LogP contribution in [0.15, 0.2) is 0 Å². The van der Waals surface area contributed by atoms with Gasteiger partial charge in [-0.3, -0.25) is 4.79 Å². The lowest BCUT2D eigenvalue weighted by Crippen LogP contribution is -2.34. The van der Waals surface area contributed by atoms with E-state index < -0.39 is 0 Å². The molecule has 0 aromatic carbocycles. The van der Waals surface area contributed by atoms with Crippen molar-refractivity contribution < 1.29 is 4.79 Å². The van der Waals surface area contributed by atoms with Gasteiger partial charge >= 0.3 is 0 Å². The monoisotopic (exact) mass is 247 g/mol. The maximum Gasteiger partial charge on any atom is 0.225 e. The highest BCUT2D eigenvalue weighted by Gasteiger charge is 2.32. The molecule has 1 amide bonds. The number of carbonyl (C=O) groups is 1. The second-order valence-corrected chi connectivity index (χ2v) is 4.44. The van der Waals surface area contributed by atoms with E-state index in [2.05, 4.69) is 22.9 Å². The molecule has 2 nitrogen and oxygen atoms in total. The Kier molecular flexibility index (Phi) is 4.78. The van der Waals surface area contributed by atoms with Gasteiger partial charge < -0.3 is 4.90 Å². The Morgan fingerprint density at radius 3 is 2.62 bits per heavy atom. The molecular weight excluding hydrogens is 230 g/mol. The Balaban J connectivity index is 2.30. The van der Waals surface area contributed by atoms with Gasteiger partial charge in [0.1, 0.15) is 0 Å². The van der Waals surface area contributed by atoms with Crippen LogP contribution in [0.5, 0.6) is 0 Å². The summed E-state index contributed by atoms with van der Waals surface area (Å²) in [6, 6.07) is 0. The maximum atomic E-state index is 11.7. The van der Waals surface area contributed by atoms with E-state index in [0.717, 1.165) is 44.1 Å². The second kappa shape index (κ2) is 5.63. The second-order valence-electron chi connectivity index (χ2n) is 3.64. The first-order chi connectivity index (χ1) is 6.29. The number of unbranched alkanes of at least 4 members (excludes halogenated alkanes) is 1. The fourth-order valence-electron chi connectivity index (χ4n) is 1.37. The highest BCUT2D eigenvalue weighted by Crippen LogP contribution is 2.31. The number of hydrogen-bond donors (Lipinski definition) is 0. The molecule has 0 bridgehead atoms. The molecule has 0 aromatic heterocycles. The molecule has 0 unspecified atom stereocenters. The molecule has 0 saturated heterocycles. The van der Waals surface area contributed by atoms with Gasteiger partial charge in [-0.2, -0.15) is 0 Å². The Labute approximate surface area is 88.8 Å². The minimum absolute atomic E-state index is 0.371. The number of amides is 1. The van der Waals surface area contributed by atoms with Crippen molar-refractivity contribution in [3.05, 3.63) is 0 Å². The average molecular weight is 248 g/mol. The Morgan fingerprint density at radius 2 is 2.15 bits per heavy atom. The van der Waals surface area contributed by atoms with E-state index in [1.54, 1.807) is 0 Å². The van der Waals surface area contributed by atoms with Crippen molar-refractivity contribution in [1.29, 1.82) is 0 Å². The summed E-state index contributed by atoms with van der Waals surface area (Å²) in [4.78, 5) is 13.7. The minimum atomic E-state index is 0.371. The van der Waals surface area contributed by atoms with Gasteiger partial charge in [0.25, 0.3) is 0 Å². The van der Waals surface area contributed by atoms with Crippen LogP contribution in [0.3, 0.4) is 0 Å². The van der Waals surface area contributed by atoms with E-state index in [1.807, 2.05) is 4.90 Å². The van der Waals surface area contributed by atoms with Crippen molar-refractivity contribution in [3.63, 3.8) is 0 Å². The van der Waals surface area contributed by atoms with E-state index in [0.29, 0.717) is 11.8 Å². The molecule has 3 heteroatoms. The summed E-state index contributed by atoms with van der Waals surface area (Å²) in [5.74, 6) is 0.754. The van der Waals surface area contributed by atoms with Gasteiger partial charge in [-0.25, -0.2) is 0 Å². The predicted molar refractivity (Wildman–Crippen MR) is 58.0 cm³/mol. The zero-order chi connectivity index (χ0) is 9.68. The molecular formula is C10H18BrNO. The van der Waals surface area contributed by atoms with Crippen molar-refractivity contribution in [2.75, 3.05) is 18.4 Å². The van der Waals surface area contributed by atoms with Gasteiger partial charge in [0, 0.05) is 24.3 Å². The van der Waals surface area contributed by atoms with Crippen LogP contribution in [0.1, 0.15) is 32.6 Å². The maximum absolute atomic E-state index is 11.7. The molecule has 1 fully saturated rings. The van der Waals surface area contributed by atoms with Gasteiger partial charge in [0.2, 0.25) is 5.91 Å². The highest BCUT2D eigenvalue weighted by atomic mass is 79.9. The van der Waals surface area contributed by atoms with E-state index in [1.165, 1.54) is 0 Å². The number of nitrogens with zero attached hydrogens (tertiary/aromatic N) is 1. The fraction of sp³-hybridized carbons (Fsp3) is 0.900. The highest BCUT2D eigenvalue weighted by molar-refractivity contribution is 9.09. The van der Waals surface area contributed by atoms with E-state index in [9.17, 15) is 4.79 Å². The molecule has 0 radical (unpaired) electrons. The van der Waals surface area contributed by atoms with Crippen LogP contribution in [0, 0.1) is 5.92 Å². The molecule has 0 spiro atoms. The number of halogens is 1. The normalized spacial score (nSPS) is 15.8. The van der Waals surface area contributed by atoms with Gasteiger partial charge in [-0.1, -0.05) is 29.3 Å². The van der Waals surface area contributed by atoms with Crippen LogP contribution in [-0.4, -0.2) is 29.2 Å². The molecule has 76 valence electrons. The van der Waals surface area contributed by atoms with Crippen molar-refractivity contribution >= 4 is 21.8 Å². The zero-order valence-corrected chi connectivity index (χ0v) is 9.85. The smallest absolute Gasteiger partial charge is 0.225 e. The summed E-state index contributed by atoms with van der Waals surface area (Å²) in [7, 11) is 0. The van der Waals surface area contributed by atoms with Crippen LogP contribution < -0.4 is 0 Å². The summed E-state index contributed by atoms with van der Waals surface area (Å²) < 4.78 is 0. The first-order valence-electron chi connectivity index (χ1n) is 5.14. The number of carbonyl (C=O) groups excluding carboxylic acids is 1. The topological polar surface area (TPSA) is 20.3 Å². The van der Waals surface area contributed by atoms with Gasteiger partial charge in [0.15, 0.2) is 0 Å². The molecule has 0 atom stereocenters. The summed E-state index contributed by atoms with van der Waals surface area (Å²) >= 11 is 3.39. The lowest BCUT2D eigenvalue weighted by molar-refractivity contribution is -0.132. The molecule has 0 aliphatic heterocycles. The molecule has 1 aliphatic rings. The van der Waals surface area contributed by atoms with Crippen LogP contribution in [0.25, 0.3) is 0 Å².